The van der Waals surface area contributed by atoms with E-state index in [4.69, 9.17) is 9.99 Å². The van der Waals surface area contributed by atoms with E-state index < -0.39 is 5.79 Å². The lowest BCUT2D eigenvalue weighted by Gasteiger charge is -2.31. The van der Waals surface area contributed by atoms with Crippen LogP contribution in [0.15, 0.2) is 0 Å². The fourth-order valence-corrected chi connectivity index (χ4v) is 1.57. The zero-order valence-electron chi connectivity index (χ0n) is 10.2. The minimum absolute atomic E-state index is 0.0894. The molecule has 0 aromatic heterocycles. The molecule has 0 saturated carbocycles. The number of rotatable bonds is 8. The van der Waals surface area contributed by atoms with Gasteiger partial charge in [-0.25, -0.2) is 5.26 Å². The molecule has 5 nitrogen and oxygen atoms in total. The summed E-state index contributed by atoms with van der Waals surface area (Å²) in [5.74, 6) is -2.40. The number of ether oxygens (including phenoxy) is 1. The Hall–Kier alpha value is -0.780. The molecule has 0 rings (SSSR count). The van der Waals surface area contributed by atoms with Gasteiger partial charge in [-0.05, 0) is 5.92 Å². The van der Waals surface area contributed by atoms with Crippen LogP contribution in [0, 0.1) is 11.8 Å². The zero-order chi connectivity index (χ0) is 12.8. The van der Waals surface area contributed by atoms with Crippen LogP contribution < -0.4 is 0 Å². The van der Waals surface area contributed by atoms with E-state index in [2.05, 4.69) is 4.89 Å². The van der Waals surface area contributed by atoms with Crippen molar-refractivity contribution in [1.29, 1.82) is 0 Å². The molecule has 2 atom stereocenters. The highest BCUT2D eigenvalue weighted by Gasteiger charge is 2.43. The molecule has 0 aliphatic heterocycles. The average Bonchev–Trinajstić information content (AvgIpc) is 2.19. The van der Waals surface area contributed by atoms with E-state index in [1.807, 2.05) is 0 Å². The highest BCUT2D eigenvalue weighted by atomic mass is 17.1. The normalized spacial score (nSPS) is 16.9. The van der Waals surface area contributed by atoms with E-state index in [0.717, 1.165) is 6.29 Å². The quantitative estimate of drug-likeness (QED) is 0.298. The second-order valence-corrected chi connectivity index (χ2v) is 4.25. The van der Waals surface area contributed by atoms with Gasteiger partial charge in [0.15, 0.2) is 5.78 Å². The van der Waals surface area contributed by atoms with Crippen molar-refractivity contribution in [2.75, 3.05) is 7.11 Å². The molecule has 0 aromatic carbocycles. The van der Waals surface area contributed by atoms with Gasteiger partial charge in [0.2, 0.25) is 0 Å². The maximum Gasteiger partial charge on any atom is 0.262 e. The monoisotopic (exact) mass is 232 g/mol. The van der Waals surface area contributed by atoms with Gasteiger partial charge in [-0.15, -0.1) is 0 Å². The summed E-state index contributed by atoms with van der Waals surface area (Å²) in [7, 11) is 1.30. The molecule has 0 aromatic rings. The van der Waals surface area contributed by atoms with Gasteiger partial charge >= 0.3 is 0 Å². The maximum atomic E-state index is 11.9. The van der Waals surface area contributed by atoms with Crippen molar-refractivity contribution in [2.45, 2.75) is 39.4 Å². The van der Waals surface area contributed by atoms with E-state index in [1.165, 1.54) is 7.11 Å². The highest BCUT2D eigenvalue weighted by Crippen LogP contribution is 2.26. The molecule has 0 aliphatic carbocycles. The number of carbonyl (C=O) groups is 2. The van der Waals surface area contributed by atoms with Crippen molar-refractivity contribution in [3.63, 3.8) is 0 Å². The molecular formula is C11H20O5. The van der Waals surface area contributed by atoms with Gasteiger partial charge in [0.1, 0.15) is 6.29 Å². The Morgan fingerprint density at radius 2 is 2.00 bits per heavy atom. The number of ketones is 1. The van der Waals surface area contributed by atoms with Crippen LogP contribution in [-0.2, 0) is 19.2 Å². The first-order valence-corrected chi connectivity index (χ1v) is 5.29. The van der Waals surface area contributed by atoms with Crippen LogP contribution >= 0.6 is 0 Å². The molecular weight excluding hydrogens is 212 g/mol. The number of methoxy groups -OCH3 is 1. The highest BCUT2D eigenvalue weighted by molar-refractivity contribution is 5.86. The Bertz CT molecular complexity index is 233. The van der Waals surface area contributed by atoms with Crippen LogP contribution in [0.2, 0.25) is 0 Å². The van der Waals surface area contributed by atoms with E-state index in [1.54, 1.807) is 20.8 Å². The first-order chi connectivity index (χ1) is 7.44. The number of carbonyl (C=O) groups excluding carboxylic acids is 2. The fraction of sp³-hybridized carbons (Fsp3) is 0.818. The topological polar surface area (TPSA) is 72.8 Å². The van der Waals surface area contributed by atoms with Gasteiger partial charge in [0.25, 0.3) is 5.79 Å². The molecule has 0 saturated heterocycles. The molecule has 0 radical (unpaired) electrons. The standard InChI is InChI=1S/C11H20O5/c1-8(2)11(15-4,16-14)10(13)7-9(3)5-6-12/h6,8-9,14H,5,7H2,1-4H3/t9-,11?/m1/s1. The van der Waals surface area contributed by atoms with Gasteiger partial charge in [-0.1, -0.05) is 20.8 Å². The third-order valence-corrected chi connectivity index (χ3v) is 2.62. The summed E-state index contributed by atoms with van der Waals surface area (Å²) >= 11 is 0. The second kappa shape index (κ2) is 6.73. The molecule has 0 amide bonds. The molecule has 5 heteroatoms. The Balaban J connectivity index is 4.68. The zero-order valence-corrected chi connectivity index (χ0v) is 10.2. The lowest BCUT2D eigenvalue weighted by atomic mass is 9.91. The number of aldehydes is 1. The summed E-state index contributed by atoms with van der Waals surface area (Å²) in [6, 6.07) is 0. The minimum atomic E-state index is -1.63. The summed E-state index contributed by atoms with van der Waals surface area (Å²) < 4.78 is 4.98. The fourth-order valence-electron chi connectivity index (χ4n) is 1.57. The second-order valence-electron chi connectivity index (χ2n) is 4.25. The largest absolute Gasteiger partial charge is 0.345 e. The number of hydrogen-bond acceptors (Lipinski definition) is 5. The third kappa shape index (κ3) is 3.37. The van der Waals surface area contributed by atoms with Gasteiger partial charge < -0.3 is 9.53 Å². The van der Waals surface area contributed by atoms with E-state index in [0.29, 0.717) is 6.42 Å². The molecule has 0 aliphatic rings. The van der Waals surface area contributed by atoms with Crippen molar-refractivity contribution >= 4 is 12.1 Å². The molecule has 94 valence electrons. The van der Waals surface area contributed by atoms with Crippen molar-refractivity contribution < 1.29 is 24.5 Å². The predicted molar refractivity (Wildman–Crippen MR) is 57.8 cm³/mol. The third-order valence-electron chi connectivity index (χ3n) is 2.62. The van der Waals surface area contributed by atoms with Crippen LogP contribution in [-0.4, -0.2) is 30.2 Å². The van der Waals surface area contributed by atoms with Crippen LogP contribution in [0.5, 0.6) is 0 Å². The van der Waals surface area contributed by atoms with Crippen molar-refractivity contribution in [2.24, 2.45) is 11.8 Å². The van der Waals surface area contributed by atoms with Gasteiger partial charge in [-0.2, -0.15) is 4.89 Å². The first kappa shape index (κ1) is 15.2. The molecule has 1 unspecified atom stereocenters. The van der Waals surface area contributed by atoms with Crippen molar-refractivity contribution in [3.8, 4) is 0 Å². The van der Waals surface area contributed by atoms with Crippen molar-refractivity contribution in [1.82, 2.24) is 0 Å². The Morgan fingerprint density at radius 1 is 1.44 bits per heavy atom. The van der Waals surface area contributed by atoms with Gasteiger partial charge in [-0.3, -0.25) is 4.79 Å². The predicted octanol–water partition coefficient (Wildman–Crippen LogP) is 1.66. The van der Waals surface area contributed by atoms with Crippen LogP contribution in [0.3, 0.4) is 0 Å². The number of hydrogen-bond donors (Lipinski definition) is 1. The summed E-state index contributed by atoms with van der Waals surface area (Å²) in [5.41, 5.74) is 0. The molecule has 16 heavy (non-hydrogen) atoms. The number of Topliss-reactive ketones (excluding diaryl/α,β-unsaturated/α-hetero) is 1. The molecule has 0 spiro atoms. The van der Waals surface area contributed by atoms with Crippen LogP contribution in [0.25, 0.3) is 0 Å². The first-order valence-electron chi connectivity index (χ1n) is 5.29. The molecule has 0 fully saturated rings. The van der Waals surface area contributed by atoms with Crippen LogP contribution in [0.4, 0.5) is 0 Å². The summed E-state index contributed by atoms with van der Waals surface area (Å²) in [6.45, 7) is 5.20. The minimum Gasteiger partial charge on any atom is -0.345 e. The maximum absolute atomic E-state index is 11.9. The summed E-state index contributed by atoms with van der Waals surface area (Å²) in [6.07, 6.45) is 1.20. The summed E-state index contributed by atoms with van der Waals surface area (Å²) in [5, 5.41) is 8.84. The molecule has 0 bridgehead atoms. The Morgan fingerprint density at radius 3 is 2.31 bits per heavy atom. The lowest BCUT2D eigenvalue weighted by Crippen LogP contribution is -2.48. The van der Waals surface area contributed by atoms with E-state index in [9.17, 15) is 9.59 Å². The van der Waals surface area contributed by atoms with Crippen molar-refractivity contribution in [3.05, 3.63) is 0 Å². The average molecular weight is 232 g/mol. The molecule has 0 heterocycles. The molecule has 1 N–H and O–H groups in total. The Labute approximate surface area is 95.7 Å². The van der Waals surface area contributed by atoms with Gasteiger partial charge in [0, 0.05) is 25.9 Å². The summed E-state index contributed by atoms with van der Waals surface area (Å²) in [4.78, 5) is 26.5. The van der Waals surface area contributed by atoms with E-state index in [-0.39, 0.29) is 24.0 Å². The Kier molecular flexibility index (Phi) is 6.40. The lowest BCUT2D eigenvalue weighted by molar-refractivity contribution is -0.392. The smallest absolute Gasteiger partial charge is 0.262 e. The van der Waals surface area contributed by atoms with E-state index >= 15 is 0 Å². The van der Waals surface area contributed by atoms with Crippen LogP contribution in [0.1, 0.15) is 33.6 Å². The van der Waals surface area contributed by atoms with Gasteiger partial charge in [0.05, 0.1) is 0 Å². The SMILES string of the molecule is COC(OO)(C(=O)C[C@H](C)CC=O)C(C)C.